The van der Waals surface area contributed by atoms with E-state index in [1.54, 1.807) is 7.11 Å². The van der Waals surface area contributed by atoms with Gasteiger partial charge in [-0.1, -0.05) is 31.2 Å². The third-order valence-electron chi connectivity index (χ3n) is 3.20. The van der Waals surface area contributed by atoms with Crippen LogP contribution in [0.3, 0.4) is 0 Å². The molecule has 0 aliphatic carbocycles. The molecule has 0 aliphatic rings. The summed E-state index contributed by atoms with van der Waals surface area (Å²) in [7, 11) is 1.73. The van der Waals surface area contributed by atoms with Crippen LogP contribution in [0.15, 0.2) is 24.3 Å². The molecule has 0 fully saturated rings. The minimum Gasteiger partial charge on any atom is -0.383 e. The van der Waals surface area contributed by atoms with E-state index in [1.807, 2.05) is 0 Å². The molecule has 2 atom stereocenters. The molecule has 0 saturated heterocycles. The predicted octanol–water partition coefficient (Wildman–Crippen LogP) is 2.72. The van der Waals surface area contributed by atoms with Gasteiger partial charge in [0, 0.05) is 19.7 Å². The Bertz CT molecular complexity index is 311. The maximum atomic E-state index is 5.04. The van der Waals surface area contributed by atoms with Crippen molar-refractivity contribution in [3.8, 4) is 0 Å². The highest BCUT2D eigenvalue weighted by atomic mass is 16.5. The number of ether oxygens (including phenoxy) is 1. The highest BCUT2D eigenvalue weighted by Gasteiger charge is 2.14. The number of aryl methyl sites for hydroxylation is 1. The SMILES string of the molecule is COCCNC(C)C(C)c1ccccc1C. The van der Waals surface area contributed by atoms with Crippen molar-refractivity contribution >= 4 is 0 Å². The van der Waals surface area contributed by atoms with E-state index < -0.39 is 0 Å². The molecule has 0 bridgehead atoms. The van der Waals surface area contributed by atoms with Gasteiger partial charge in [-0.05, 0) is 30.9 Å². The van der Waals surface area contributed by atoms with E-state index in [9.17, 15) is 0 Å². The van der Waals surface area contributed by atoms with E-state index in [0.717, 1.165) is 13.2 Å². The van der Waals surface area contributed by atoms with Crippen molar-refractivity contribution in [1.29, 1.82) is 0 Å². The van der Waals surface area contributed by atoms with Gasteiger partial charge in [0.15, 0.2) is 0 Å². The summed E-state index contributed by atoms with van der Waals surface area (Å²) < 4.78 is 5.04. The van der Waals surface area contributed by atoms with Gasteiger partial charge in [-0.15, -0.1) is 0 Å². The van der Waals surface area contributed by atoms with Crippen LogP contribution in [-0.2, 0) is 4.74 Å². The highest BCUT2D eigenvalue weighted by Crippen LogP contribution is 2.22. The van der Waals surface area contributed by atoms with Gasteiger partial charge in [-0.2, -0.15) is 0 Å². The lowest BCUT2D eigenvalue weighted by Crippen LogP contribution is -2.33. The first-order valence-corrected chi connectivity index (χ1v) is 5.94. The zero-order valence-electron chi connectivity index (χ0n) is 10.8. The first-order chi connectivity index (χ1) is 7.66. The van der Waals surface area contributed by atoms with Crippen LogP contribution >= 0.6 is 0 Å². The standard InChI is InChI=1S/C14H23NO/c1-11-7-5-6-8-14(11)12(2)13(3)15-9-10-16-4/h5-8,12-13,15H,9-10H2,1-4H3. The first-order valence-electron chi connectivity index (χ1n) is 5.94. The second-order valence-electron chi connectivity index (χ2n) is 4.38. The highest BCUT2D eigenvalue weighted by molar-refractivity contribution is 5.29. The third kappa shape index (κ3) is 3.62. The number of methoxy groups -OCH3 is 1. The van der Waals surface area contributed by atoms with Gasteiger partial charge in [-0.3, -0.25) is 0 Å². The summed E-state index contributed by atoms with van der Waals surface area (Å²) >= 11 is 0. The van der Waals surface area contributed by atoms with Crippen molar-refractivity contribution < 1.29 is 4.74 Å². The van der Waals surface area contributed by atoms with Gasteiger partial charge in [0.2, 0.25) is 0 Å². The maximum absolute atomic E-state index is 5.04. The van der Waals surface area contributed by atoms with Crippen molar-refractivity contribution in [3.05, 3.63) is 35.4 Å². The summed E-state index contributed by atoms with van der Waals surface area (Å²) in [4.78, 5) is 0. The molecule has 0 saturated carbocycles. The fraction of sp³-hybridized carbons (Fsp3) is 0.571. The van der Waals surface area contributed by atoms with Crippen LogP contribution in [0.2, 0.25) is 0 Å². The van der Waals surface area contributed by atoms with E-state index in [0.29, 0.717) is 12.0 Å². The molecule has 1 aromatic rings. The summed E-state index contributed by atoms with van der Waals surface area (Å²) in [5.74, 6) is 0.526. The maximum Gasteiger partial charge on any atom is 0.0587 e. The van der Waals surface area contributed by atoms with Crippen LogP contribution in [0, 0.1) is 6.92 Å². The van der Waals surface area contributed by atoms with Crippen LogP contribution in [0.4, 0.5) is 0 Å². The monoisotopic (exact) mass is 221 g/mol. The van der Waals surface area contributed by atoms with E-state index >= 15 is 0 Å². The summed E-state index contributed by atoms with van der Waals surface area (Å²) in [6.07, 6.45) is 0. The molecule has 0 aromatic heterocycles. The molecule has 0 aliphatic heterocycles. The van der Waals surface area contributed by atoms with Crippen LogP contribution in [-0.4, -0.2) is 26.3 Å². The molecule has 16 heavy (non-hydrogen) atoms. The summed E-state index contributed by atoms with van der Waals surface area (Å²) in [5.41, 5.74) is 2.80. The van der Waals surface area contributed by atoms with Crippen LogP contribution < -0.4 is 5.32 Å². The van der Waals surface area contributed by atoms with Crippen LogP contribution in [0.1, 0.15) is 30.9 Å². The molecule has 0 radical (unpaired) electrons. The molecule has 1 rings (SSSR count). The molecular weight excluding hydrogens is 198 g/mol. The second kappa shape index (κ2) is 6.66. The molecule has 0 heterocycles. The van der Waals surface area contributed by atoms with Gasteiger partial charge in [0.05, 0.1) is 6.61 Å². The predicted molar refractivity (Wildman–Crippen MR) is 68.9 cm³/mol. The van der Waals surface area contributed by atoms with Crippen molar-refractivity contribution in [3.63, 3.8) is 0 Å². The summed E-state index contributed by atoms with van der Waals surface area (Å²) in [5, 5.41) is 3.48. The number of hydrogen-bond donors (Lipinski definition) is 1. The molecule has 2 nitrogen and oxygen atoms in total. The molecule has 0 amide bonds. The molecular formula is C14H23NO. The Morgan fingerprint density at radius 3 is 2.56 bits per heavy atom. The molecule has 1 aromatic carbocycles. The number of hydrogen-bond acceptors (Lipinski definition) is 2. The lowest BCUT2D eigenvalue weighted by atomic mass is 9.91. The lowest BCUT2D eigenvalue weighted by Gasteiger charge is -2.23. The minimum absolute atomic E-state index is 0.469. The lowest BCUT2D eigenvalue weighted by molar-refractivity contribution is 0.195. The van der Waals surface area contributed by atoms with Gasteiger partial charge < -0.3 is 10.1 Å². The van der Waals surface area contributed by atoms with Crippen molar-refractivity contribution in [2.24, 2.45) is 0 Å². The Morgan fingerprint density at radius 1 is 1.25 bits per heavy atom. The Hall–Kier alpha value is -0.860. The third-order valence-corrected chi connectivity index (χ3v) is 3.20. The number of nitrogens with one attached hydrogen (secondary N) is 1. The van der Waals surface area contributed by atoms with E-state index in [2.05, 4.69) is 50.4 Å². The van der Waals surface area contributed by atoms with Crippen molar-refractivity contribution in [2.45, 2.75) is 32.7 Å². The van der Waals surface area contributed by atoms with Crippen LogP contribution in [0.25, 0.3) is 0 Å². The average molecular weight is 221 g/mol. The molecule has 0 spiro atoms. The average Bonchev–Trinajstić information content (AvgIpc) is 2.29. The number of benzene rings is 1. The Morgan fingerprint density at radius 2 is 1.94 bits per heavy atom. The van der Waals surface area contributed by atoms with Crippen molar-refractivity contribution in [2.75, 3.05) is 20.3 Å². The Balaban J connectivity index is 2.56. The smallest absolute Gasteiger partial charge is 0.0587 e. The largest absolute Gasteiger partial charge is 0.383 e. The molecule has 90 valence electrons. The Labute approximate surface area is 99.0 Å². The van der Waals surface area contributed by atoms with E-state index in [4.69, 9.17) is 4.74 Å². The number of rotatable bonds is 6. The van der Waals surface area contributed by atoms with Gasteiger partial charge in [0.25, 0.3) is 0 Å². The fourth-order valence-corrected chi connectivity index (χ4v) is 1.93. The van der Waals surface area contributed by atoms with E-state index in [-0.39, 0.29) is 0 Å². The molecule has 1 N–H and O–H groups in total. The Kier molecular flexibility index (Phi) is 5.50. The van der Waals surface area contributed by atoms with E-state index in [1.165, 1.54) is 11.1 Å². The fourth-order valence-electron chi connectivity index (χ4n) is 1.93. The zero-order valence-corrected chi connectivity index (χ0v) is 10.8. The normalized spacial score (nSPS) is 14.8. The topological polar surface area (TPSA) is 21.3 Å². The first kappa shape index (κ1) is 13.2. The van der Waals surface area contributed by atoms with Gasteiger partial charge in [0.1, 0.15) is 0 Å². The van der Waals surface area contributed by atoms with Gasteiger partial charge >= 0.3 is 0 Å². The molecule has 2 unspecified atom stereocenters. The quantitative estimate of drug-likeness (QED) is 0.746. The minimum atomic E-state index is 0.469. The zero-order chi connectivity index (χ0) is 12.0. The van der Waals surface area contributed by atoms with Crippen molar-refractivity contribution in [1.82, 2.24) is 5.32 Å². The second-order valence-corrected chi connectivity index (χ2v) is 4.38. The van der Waals surface area contributed by atoms with Gasteiger partial charge in [-0.25, -0.2) is 0 Å². The molecule has 2 heteroatoms. The summed E-state index contributed by atoms with van der Waals surface area (Å²) in [6, 6.07) is 9.06. The van der Waals surface area contributed by atoms with Crippen LogP contribution in [0.5, 0.6) is 0 Å². The summed E-state index contributed by atoms with van der Waals surface area (Å²) in [6.45, 7) is 8.35.